The molecule has 1 aliphatic rings. The molecule has 1 N–H and O–H groups in total. The van der Waals surface area contributed by atoms with Gasteiger partial charge in [-0.05, 0) is 46.9 Å². The van der Waals surface area contributed by atoms with Gasteiger partial charge in [0, 0.05) is 6.54 Å². The van der Waals surface area contributed by atoms with Gasteiger partial charge < -0.3 is 14.6 Å². The molecule has 1 fully saturated rings. The monoisotopic (exact) mass is 248 g/mol. The second kappa shape index (κ2) is 4.65. The molecule has 0 atom stereocenters. The molecule has 0 aliphatic carbocycles. The Bertz CT molecular complexity index is 419. The Balaban J connectivity index is 2.21. The maximum atomic E-state index is 5.98. The third-order valence-corrected chi connectivity index (χ3v) is 3.68. The summed E-state index contributed by atoms with van der Waals surface area (Å²) >= 11 is 0. The number of pyridine rings is 1. The van der Waals surface area contributed by atoms with E-state index >= 15 is 0 Å². The van der Waals surface area contributed by atoms with Crippen molar-refractivity contribution in [2.24, 2.45) is 0 Å². The summed E-state index contributed by atoms with van der Waals surface area (Å²) in [5.74, 6) is 0. The van der Waals surface area contributed by atoms with Crippen LogP contribution in [0.25, 0.3) is 0 Å². The van der Waals surface area contributed by atoms with Crippen LogP contribution in [0.3, 0.4) is 0 Å². The number of nitrogens with one attached hydrogen (secondary N) is 1. The van der Waals surface area contributed by atoms with E-state index in [2.05, 4.69) is 10.3 Å². The molecule has 1 aromatic rings. The summed E-state index contributed by atoms with van der Waals surface area (Å²) < 4.78 is 12.0. The highest BCUT2D eigenvalue weighted by Gasteiger charge is 2.52. The van der Waals surface area contributed by atoms with E-state index in [0.717, 1.165) is 17.8 Å². The van der Waals surface area contributed by atoms with E-state index in [0.29, 0.717) is 0 Å². The summed E-state index contributed by atoms with van der Waals surface area (Å²) in [6, 6.07) is 5.92. The molecule has 1 saturated heterocycles. The normalized spacial score (nSPS) is 21.3. The van der Waals surface area contributed by atoms with Gasteiger partial charge in [-0.1, -0.05) is 6.07 Å². The van der Waals surface area contributed by atoms with E-state index in [4.69, 9.17) is 9.31 Å². The molecular weight excluding hydrogens is 227 g/mol. The van der Waals surface area contributed by atoms with Crippen molar-refractivity contribution in [1.82, 2.24) is 10.3 Å². The van der Waals surface area contributed by atoms with Crippen molar-refractivity contribution in [3.05, 3.63) is 23.9 Å². The van der Waals surface area contributed by atoms with Gasteiger partial charge in [0.05, 0.1) is 22.5 Å². The van der Waals surface area contributed by atoms with Crippen molar-refractivity contribution in [2.45, 2.75) is 45.4 Å². The zero-order valence-electron chi connectivity index (χ0n) is 11.8. The fourth-order valence-corrected chi connectivity index (χ4v) is 1.87. The first kappa shape index (κ1) is 13.5. The van der Waals surface area contributed by atoms with Gasteiger partial charge in [0.1, 0.15) is 0 Å². The summed E-state index contributed by atoms with van der Waals surface area (Å²) in [7, 11) is 1.52. The minimum absolute atomic E-state index is 0.321. The van der Waals surface area contributed by atoms with E-state index in [1.165, 1.54) is 0 Å². The minimum atomic E-state index is -0.383. The predicted molar refractivity (Wildman–Crippen MR) is 72.7 cm³/mol. The Morgan fingerprint density at radius 2 is 1.78 bits per heavy atom. The van der Waals surface area contributed by atoms with Crippen LogP contribution in [0.1, 0.15) is 33.4 Å². The van der Waals surface area contributed by atoms with Gasteiger partial charge in [-0.15, -0.1) is 0 Å². The molecule has 4 nitrogen and oxygen atoms in total. The third kappa shape index (κ3) is 2.43. The van der Waals surface area contributed by atoms with Crippen LogP contribution in [0.2, 0.25) is 0 Å². The van der Waals surface area contributed by atoms with Crippen molar-refractivity contribution in [3.63, 3.8) is 0 Å². The lowest BCUT2D eigenvalue weighted by Gasteiger charge is -2.32. The van der Waals surface area contributed by atoms with Crippen LogP contribution in [-0.2, 0) is 15.9 Å². The molecular formula is C13H21BN2O2. The molecule has 0 amide bonds. The van der Waals surface area contributed by atoms with Crippen LogP contribution in [0.4, 0.5) is 0 Å². The lowest BCUT2D eigenvalue weighted by molar-refractivity contribution is 0.00578. The van der Waals surface area contributed by atoms with Gasteiger partial charge in [-0.2, -0.15) is 0 Å². The van der Waals surface area contributed by atoms with Crippen molar-refractivity contribution in [1.29, 1.82) is 0 Å². The van der Waals surface area contributed by atoms with Gasteiger partial charge in [0.15, 0.2) is 0 Å². The van der Waals surface area contributed by atoms with E-state index in [1.54, 1.807) is 0 Å². The summed E-state index contributed by atoms with van der Waals surface area (Å²) in [5, 5.41) is 3.09. The lowest BCUT2D eigenvalue weighted by Crippen LogP contribution is -2.41. The average Bonchev–Trinajstić information content (AvgIpc) is 2.49. The molecule has 0 unspecified atom stereocenters. The van der Waals surface area contributed by atoms with Gasteiger partial charge in [-0.25, -0.2) is 0 Å². The number of nitrogens with zero attached hydrogens (tertiary/aromatic N) is 1. The maximum Gasteiger partial charge on any atom is 0.514 e. The summed E-state index contributed by atoms with van der Waals surface area (Å²) in [5.41, 5.74) is 1.18. The van der Waals surface area contributed by atoms with Crippen LogP contribution in [0.15, 0.2) is 18.2 Å². The number of rotatable bonds is 3. The molecule has 18 heavy (non-hydrogen) atoms. The Hall–Kier alpha value is -0.905. The highest BCUT2D eigenvalue weighted by atomic mass is 16.7. The van der Waals surface area contributed by atoms with Gasteiger partial charge in [0.2, 0.25) is 0 Å². The van der Waals surface area contributed by atoms with Crippen LogP contribution in [-0.4, -0.2) is 30.4 Å². The third-order valence-electron chi connectivity index (χ3n) is 3.68. The Morgan fingerprint density at radius 3 is 2.33 bits per heavy atom. The van der Waals surface area contributed by atoms with Gasteiger partial charge >= 0.3 is 7.12 Å². The largest absolute Gasteiger partial charge is 0.514 e. The van der Waals surface area contributed by atoms with Crippen molar-refractivity contribution in [3.8, 4) is 0 Å². The first-order valence-corrected chi connectivity index (χ1v) is 6.32. The fraction of sp³-hybridized carbons (Fsp3) is 0.615. The highest BCUT2D eigenvalue weighted by molar-refractivity contribution is 6.61. The zero-order valence-corrected chi connectivity index (χ0v) is 11.8. The molecule has 1 aliphatic heterocycles. The first-order chi connectivity index (χ1) is 8.36. The van der Waals surface area contributed by atoms with E-state index in [1.807, 2.05) is 52.9 Å². The zero-order chi connectivity index (χ0) is 13.4. The standard InChI is InChI=1S/C13H21BN2O2/c1-12(2)13(3,4)18-14(17-12)11-8-6-7-10(16-11)9-15-5/h6-8,15H,9H2,1-5H3. The topological polar surface area (TPSA) is 43.4 Å². The minimum Gasteiger partial charge on any atom is -0.398 e. The molecule has 2 rings (SSSR count). The van der Waals surface area contributed by atoms with Crippen LogP contribution in [0, 0.1) is 0 Å². The van der Waals surface area contributed by atoms with E-state index in [9.17, 15) is 0 Å². The first-order valence-electron chi connectivity index (χ1n) is 6.32. The smallest absolute Gasteiger partial charge is 0.398 e. The predicted octanol–water partition coefficient (Wildman–Crippen LogP) is 1.10. The van der Waals surface area contributed by atoms with Crippen LogP contribution >= 0.6 is 0 Å². The Kier molecular flexibility index (Phi) is 3.49. The second-order valence-corrected chi connectivity index (χ2v) is 5.67. The number of hydrogen-bond donors (Lipinski definition) is 1. The summed E-state index contributed by atoms with van der Waals surface area (Å²) in [4.78, 5) is 4.56. The molecule has 98 valence electrons. The molecule has 0 radical (unpaired) electrons. The van der Waals surface area contributed by atoms with E-state index < -0.39 is 0 Å². The Morgan fingerprint density at radius 1 is 1.17 bits per heavy atom. The fourth-order valence-electron chi connectivity index (χ4n) is 1.87. The average molecular weight is 248 g/mol. The molecule has 2 heterocycles. The van der Waals surface area contributed by atoms with Gasteiger partial charge in [0.25, 0.3) is 0 Å². The van der Waals surface area contributed by atoms with E-state index in [-0.39, 0.29) is 18.3 Å². The number of hydrogen-bond acceptors (Lipinski definition) is 4. The summed E-state index contributed by atoms with van der Waals surface area (Å²) in [6.07, 6.45) is 0. The van der Waals surface area contributed by atoms with Crippen molar-refractivity contribution >= 4 is 12.7 Å². The van der Waals surface area contributed by atoms with Crippen LogP contribution in [0.5, 0.6) is 0 Å². The quantitative estimate of drug-likeness (QED) is 0.813. The van der Waals surface area contributed by atoms with Crippen molar-refractivity contribution < 1.29 is 9.31 Å². The second-order valence-electron chi connectivity index (χ2n) is 5.67. The van der Waals surface area contributed by atoms with Crippen LogP contribution < -0.4 is 10.9 Å². The summed E-state index contributed by atoms with van der Waals surface area (Å²) in [6.45, 7) is 8.93. The molecule has 0 saturated carbocycles. The van der Waals surface area contributed by atoms with Gasteiger partial charge in [-0.3, -0.25) is 4.98 Å². The Labute approximate surface area is 109 Å². The molecule has 0 aromatic carbocycles. The number of aromatic nitrogens is 1. The van der Waals surface area contributed by atoms with Crippen molar-refractivity contribution in [2.75, 3.05) is 7.05 Å². The SMILES string of the molecule is CNCc1cccc(B2OC(C)(C)C(C)(C)O2)n1. The maximum absolute atomic E-state index is 5.98. The molecule has 5 heteroatoms. The molecule has 0 spiro atoms. The molecule has 0 bridgehead atoms. The molecule has 1 aromatic heterocycles. The lowest BCUT2D eigenvalue weighted by atomic mass is 9.84. The highest BCUT2D eigenvalue weighted by Crippen LogP contribution is 2.36.